The molecule has 0 bridgehead atoms. The van der Waals surface area contributed by atoms with E-state index in [0.29, 0.717) is 34.9 Å². The second-order valence-corrected chi connectivity index (χ2v) is 8.29. The number of hydrogen-bond acceptors (Lipinski definition) is 4. The van der Waals surface area contributed by atoms with Gasteiger partial charge in [-0.3, -0.25) is 9.36 Å². The zero-order valence-electron chi connectivity index (χ0n) is 18.7. The number of aromatic nitrogens is 2. The molecule has 33 heavy (non-hydrogen) atoms. The van der Waals surface area contributed by atoms with E-state index in [2.05, 4.69) is 0 Å². The number of benzene rings is 3. The number of rotatable bonds is 10. The fraction of sp³-hybridized carbons (Fsp3) is 0.259. The average molecular weight is 463 g/mol. The van der Waals surface area contributed by atoms with Gasteiger partial charge in [-0.05, 0) is 67.4 Å². The van der Waals surface area contributed by atoms with Crippen LogP contribution in [0.15, 0.2) is 77.6 Å². The highest BCUT2D eigenvalue weighted by molar-refractivity contribution is 6.30. The van der Waals surface area contributed by atoms with Gasteiger partial charge in [-0.1, -0.05) is 42.6 Å². The molecule has 0 fully saturated rings. The highest BCUT2D eigenvalue weighted by Gasteiger charge is 2.12. The topological polar surface area (TPSA) is 53.3 Å². The molecule has 3 aromatic carbocycles. The number of unbranched alkanes of at least 4 members (excludes halogenated alkanes) is 3. The van der Waals surface area contributed by atoms with Crippen molar-refractivity contribution in [2.45, 2.75) is 32.2 Å². The molecule has 4 aromatic rings. The summed E-state index contributed by atoms with van der Waals surface area (Å²) >= 11 is 5.99. The van der Waals surface area contributed by atoms with Crippen LogP contribution in [0.2, 0.25) is 5.02 Å². The minimum Gasteiger partial charge on any atom is -0.497 e. The number of hydrogen-bond donors (Lipinski definition) is 0. The van der Waals surface area contributed by atoms with Crippen molar-refractivity contribution < 1.29 is 9.47 Å². The van der Waals surface area contributed by atoms with Crippen LogP contribution in [0.4, 0.5) is 0 Å². The predicted molar refractivity (Wildman–Crippen MR) is 133 cm³/mol. The summed E-state index contributed by atoms with van der Waals surface area (Å²) in [6.45, 7) is 1.27. The van der Waals surface area contributed by atoms with E-state index in [0.717, 1.165) is 42.7 Å². The lowest BCUT2D eigenvalue weighted by molar-refractivity contribution is 0.304. The summed E-state index contributed by atoms with van der Waals surface area (Å²) in [6.07, 6.45) is 3.86. The van der Waals surface area contributed by atoms with Crippen molar-refractivity contribution in [2.75, 3.05) is 13.7 Å². The molecule has 5 nitrogen and oxygen atoms in total. The van der Waals surface area contributed by atoms with Crippen LogP contribution in [-0.2, 0) is 6.54 Å². The predicted octanol–water partition coefficient (Wildman–Crippen LogP) is 6.36. The number of fused-ring (bicyclic) bond motifs is 1. The molecule has 1 aromatic heterocycles. The molecule has 0 atom stereocenters. The highest BCUT2D eigenvalue weighted by atomic mass is 35.5. The second kappa shape index (κ2) is 11.0. The molecular formula is C27H27ClN2O3. The van der Waals surface area contributed by atoms with Gasteiger partial charge in [-0.25, -0.2) is 4.98 Å². The van der Waals surface area contributed by atoms with Gasteiger partial charge in [0.25, 0.3) is 5.56 Å². The minimum absolute atomic E-state index is 0.00397. The van der Waals surface area contributed by atoms with Crippen molar-refractivity contribution in [1.82, 2.24) is 9.55 Å². The third kappa shape index (κ3) is 5.74. The lowest BCUT2D eigenvalue weighted by atomic mass is 10.1. The maximum atomic E-state index is 13.3. The summed E-state index contributed by atoms with van der Waals surface area (Å²) in [6, 6.07) is 22.6. The van der Waals surface area contributed by atoms with Crippen LogP contribution in [0.3, 0.4) is 0 Å². The monoisotopic (exact) mass is 462 g/mol. The van der Waals surface area contributed by atoms with E-state index in [9.17, 15) is 4.79 Å². The Morgan fingerprint density at radius 3 is 2.45 bits per heavy atom. The Morgan fingerprint density at radius 1 is 0.879 bits per heavy atom. The number of ether oxygens (including phenoxy) is 2. The molecule has 0 aliphatic carbocycles. The van der Waals surface area contributed by atoms with Gasteiger partial charge >= 0.3 is 0 Å². The van der Waals surface area contributed by atoms with Crippen LogP contribution < -0.4 is 15.0 Å². The largest absolute Gasteiger partial charge is 0.497 e. The zero-order valence-corrected chi connectivity index (χ0v) is 19.4. The lowest BCUT2D eigenvalue weighted by Gasteiger charge is -2.14. The average Bonchev–Trinajstić information content (AvgIpc) is 2.84. The van der Waals surface area contributed by atoms with E-state index in [1.165, 1.54) is 0 Å². The first kappa shape index (κ1) is 22.9. The van der Waals surface area contributed by atoms with Crippen LogP contribution >= 0.6 is 11.6 Å². The Hall–Kier alpha value is -3.31. The van der Waals surface area contributed by atoms with Crippen molar-refractivity contribution in [3.05, 3.63) is 88.2 Å². The first-order chi connectivity index (χ1) is 16.2. The summed E-state index contributed by atoms with van der Waals surface area (Å²) in [5.41, 5.74) is 1.60. The first-order valence-corrected chi connectivity index (χ1v) is 11.6. The van der Waals surface area contributed by atoms with E-state index < -0.39 is 0 Å². The van der Waals surface area contributed by atoms with Gasteiger partial charge in [0.2, 0.25) is 0 Å². The molecule has 0 aliphatic rings. The van der Waals surface area contributed by atoms with Crippen LogP contribution in [-0.4, -0.2) is 23.3 Å². The summed E-state index contributed by atoms with van der Waals surface area (Å²) in [4.78, 5) is 18.1. The SMILES string of the molecule is COc1ccc(-c2nc3ccccc3c(=O)n2CCCCCCOc2cccc(Cl)c2)cc1. The molecule has 1 heterocycles. The second-order valence-electron chi connectivity index (χ2n) is 7.86. The molecule has 0 N–H and O–H groups in total. The Bertz CT molecular complexity index is 1270. The summed E-state index contributed by atoms with van der Waals surface area (Å²) in [7, 11) is 1.64. The summed E-state index contributed by atoms with van der Waals surface area (Å²) in [5, 5.41) is 1.32. The smallest absolute Gasteiger partial charge is 0.261 e. The Balaban J connectivity index is 1.41. The quantitative estimate of drug-likeness (QED) is 0.257. The van der Waals surface area contributed by atoms with Crippen LogP contribution in [0.25, 0.3) is 22.3 Å². The number of nitrogens with zero attached hydrogens (tertiary/aromatic N) is 2. The van der Waals surface area contributed by atoms with Crippen molar-refractivity contribution >= 4 is 22.5 Å². The van der Waals surface area contributed by atoms with Gasteiger partial charge in [0.05, 0.1) is 24.6 Å². The molecule has 0 amide bonds. The van der Waals surface area contributed by atoms with Crippen LogP contribution in [0, 0.1) is 0 Å². The third-order valence-electron chi connectivity index (χ3n) is 5.55. The molecule has 170 valence electrons. The van der Waals surface area contributed by atoms with Crippen molar-refractivity contribution in [3.8, 4) is 22.9 Å². The van der Waals surface area contributed by atoms with E-state index in [4.69, 9.17) is 26.1 Å². The number of methoxy groups -OCH3 is 1. The molecule has 4 rings (SSSR count). The summed E-state index contributed by atoms with van der Waals surface area (Å²) in [5.74, 6) is 2.25. The first-order valence-electron chi connectivity index (χ1n) is 11.2. The van der Waals surface area contributed by atoms with E-state index in [1.807, 2.05) is 72.8 Å². The van der Waals surface area contributed by atoms with E-state index in [1.54, 1.807) is 11.7 Å². The standard InChI is InChI=1S/C27H27ClN2O3/c1-32-22-15-13-20(14-16-22)26-29-25-12-5-4-11-24(25)27(31)30(26)17-6-2-3-7-18-33-23-10-8-9-21(28)19-23/h4-5,8-16,19H,2-3,6-7,17-18H2,1H3. The molecule has 0 saturated heterocycles. The lowest BCUT2D eigenvalue weighted by Crippen LogP contribution is -2.23. The number of para-hydroxylation sites is 1. The highest BCUT2D eigenvalue weighted by Crippen LogP contribution is 2.23. The molecular weight excluding hydrogens is 436 g/mol. The number of halogens is 1. The third-order valence-corrected chi connectivity index (χ3v) is 5.79. The molecule has 6 heteroatoms. The van der Waals surface area contributed by atoms with Crippen LogP contribution in [0.1, 0.15) is 25.7 Å². The van der Waals surface area contributed by atoms with Gasteiger partial charge in [0, 0.05) is 17.1 Å². The van der Waals surface area contributed by atoms with Crippen molar-refractivity contribution in [3.63, 3.8) is 0 Å². The zero-order chi connectivity index (χ0) is 23.0. The Labute approximate surface area is 198 Å². The fourth-order valence-corrected chi connectivity index (χ4v) is 3.99. The Morgan fingerprint density at radius 2 is 1.67 bits per heavy atom. The summed E-state index contributed by atoms with van der Waals surface area (Å²) < 4.78 is 12.8. The van der Waals surface area contributed by atoms with Gasteiger partial charge in [-0.2, -0.15) is 0 Å². The van der Waals surface area contributed by atoms with Gasteiger partial charge < -0.3 is 9.47 Å². The van der Waals surface area contributed by atoms with E-state index >= 15 is 0 Å². The van der Waals surface area contributed by atoms with Gasteiger partial charge in [-0.15, -0.1) is 0 Å². The maximum absolute atomic E-state index is 13.3. The molecule has 0 saturated carbocycles. The maximum Gasteiger partial charge on any atom is 0.261 e. The molecule has 0 spiro atoms. The van der Waals surface area contributed by atoms with E-state index in [-0.39, 0.29) is 5.56 Å². The normalized spacial score (nSPS) is 11.0. The fourth-order valence-electron chi connectivity index (χ4n) is 3.81. The van der Waals surface area contributed by atoms with Crippen molar-refractivity contribution in [2.24, 2.45) is 0 Å². The minimum atomic E-state index is -0.00397. The van der Waals surface area contributed by atoms with Gasteiger partial charge in [0.15, 0.2) is 0 Å². The van der Waals surface area contributed by atoms with Gasteiger partial charge in [0.1, 0.15) is 17.3 Å². The molecule has 0 radical (unpaired) electrons. The molecule has 0 aliphatic heterocycles. The molecule has 0 unspecified atom stereocenters. The Kier molecular flexibility index (Phi) is 7.63. The van der Waals surface area contributed by atoms with Crippen molar-refractivity contribution in [1.29, 1.82) is 0 Å². The van der Waals surface area contributed by atoms with Crippen LogP contribution in [0.5, 0.6) is 11.5 Å².